The molecule has 0 aliphatic carbocycles. The number of nitrogens with two attached hydrogens (primary N) is 1. The number of anilines is 1. The summed E-state index contributed by atoms with van der Waals surface area (Å²) >= 11 is 1.21. The Morgan fingerprint density at radius 3 is 2.87 bits per heavy atom. The summed E-state index contributed by atoms with van der Waals surface area (Å²) in [5.41, 5.74) is 6.77. The van der Waals surface area contributed by atoms with E-state index in [-0.39, 0.29) is 5.78 Å². The van der Waals surface area contributed by atoms with Gasteiger partial charge in [0.1, 0.15) is 0 Å². The summed E-state index contributed by atoms with van der Waals surface area (Å²) in [6.07, 6.45) is 3.17. The van der Waals surface area contributed by atoms with Crippen molar-refractivity contribution < 1.29 is 4.79 Å². The van der Waals surface area contributed by atoms with Crippen LogP contribution in [-0.4, -0.2) is 15.8 Å². The Labute approximate surface area is 90.8 Å². The van der Waals surface area contributed by atoms with Gasteiger partial charge in [0.05, 0.1) is 10.6 Å². The van der Waals surface area contributed by atoms with Crippen molar-refractivity contribution in [1.29, 1.82) is 0 Å². The third kappa shape index (κ3) is 1.87. The maximum absolute atomic E-state index is 12.0. The van der Waals surface area contributed by atoms with Gasteiger partial charge in [-0.05, 0) is 19.1 Å². The normalized spacial score (nSPS) is 10.2. The topological polar surface area (TPSA) is 68.9 Å². The maximum Gasteiger partial charge on any atom is 0.206 e. The van der Waals surface area contributed by atoms with Gasteiger partial charge in [-0.1, -0.05) is 11.3 Å². The zero-order valence-electron chi connectivity index (χ0n) is 8.10. The number of nitrogens with zero attached hydrogens (tertiary/aromatic N) is 2. The van der Waals surface area contributed by atoms with Gasteiger partial charge in [0, 0.05) is 18.0 Å². The number of carbonyl (C=O) groups excluding carboxylic acids is 1. The summed E-state index contributed by atoms with van der Waals surface area (Å²) in [6.45, 7) is 1.77. The van der Waals surface area contributed by atoms with E-state index in [2.05, 4.69) is 9.97 Å². The second kappa shape index (κ2) is 3.78. The molecular weight excluding hydrogens is 210 g/mol. The van der Waals surface area contributed by atoms with E-state index in [0.29, 0.717) is 21.3 Å². The molecule has 0 amide bonds. The average Bonchev–Trinajstić information content (AvgIpc) is 2.58. The number of thiazole rings is 1. The van der Waals surface area contributed by atoms with Crippen molar-refractivity contribution in [2.24, 2.45) is 0 Å². The fraction of sp³-hybridized carbons (Fsp3) is 0.100. The van der Waals surface area contributed by atoms with E-state index >= 15 is 0 Å². The molecule has 5 heteroatoms. The molecule has 0 atom stereocenters. The molecule has 2 rings (SSSR count). The van der Waals surface area contributed by atoms with Crippen molar-refractivity contribution in [3.63, 3.8) is 0 Å². The number of carbonyl (C=O) groups is 1. The van der Waals surface area contributed by atoms with E-state index in [9.17, 15) is 4.79 Å². The van der Waals surface area contributed by atoms with E-state index < -0.39 is 0 Å². The van der Waals surface area contributed by atoms with E-state index in [0.717, 1.165) is 0 Å². The number of pyridine rings is 1. The molecule has 0 saturated carbocycles. The lowest BCUT2D eigenvalue weighted by Crippen LogP contribution is -2.00. The van der Waals surface area contributed by atoms with Crippen LogP contribution in [0, 0.1) is 6.92 Å². The Morgan fingerprint density at radius 1 is 1.53 bits per heavy atom. The van der Waals surface area contributed by atoms with Gasteiger partial charge in [-0.3, -0.25) is 9.78 Å². The molecule has 0 aromatic carbocycles. The number of hydrogen-bond donors (Lipinski definition) is 1. The van der Waals surface area contributed by atoms with Crippen LogP contribution in [0.2, 0.25) is 0 Å². The van der Waals surface area contributed by atoms with E-state index in [1.54, 1.807) is 25.3 Å². The van der Waals surface area contributed by atoms with E-state index in [4.69, 9.17) is 5.73 Å². The number of aromatic nitrogens is 2. The first kappa shape index (κ1) is 9.79. The van der Waals surface area contributed by atoms with Crippen LogP contribution in [-0.2, 0) is 0 Å². The van der Waals surface area contributed by atoms with Gasteiger partial charge >= 0.3 is 0 Å². The molecule has 0 saturated heterocycles. The van der Waals surface area contributed by atoms with Gasteiger partial charge < -0.3 is 5.73 Å². The minimum absolute atomic E-state index is 0.0743. The Kier molecular flexibility index (Phi) is 2.47. The number of hydrogen-bond acceptors (Lipinski definition) is 5. The first-order valence-electron chi connectivity index (χ1n) is 4.36. The summed E-state index contributed by atoms with van der Waals surface area (Å²) in [4.78, 5) is 20.5. The second-order valence-electron chi connectivity index (χ2n) is 3.04. The monoisotopic (exact) mass is 219 g/mol. The van der Waals surface area contributed by atoms with Crippen molar-refractivity contribution in [2.75, 3.05) is 5.73 Å². The minimum Gasteiger partial charge on any atom is -0.375 e. The highest BCUT2D eigenvalue weighted by Crippen LogP contribution is 2.22. The van der Waals surface area contributed by atoms with Gasteiger partial charge in [-0.2, -0.15) is 0 Å². The third-order valence-corrected chi connectivity index (χ3v) is 2.93. The Bertz CT molecular complexity index is 493. The molecule has 0 radical (unpaired) electrons. The van der Waals surface area contributed by atoms with Crippen molar-refractivity contribution >= 4 is 22.3 Å². The average molecular weight is 219 g/mol. The predicted molar refractivity (Wildman–Crippen MR) is 58.9 cm³/mol. The maximum atomic E-state index is 12.0. The highest BCUT2D eigenvalue weighted by molar-refractivity contribution is 7.17. The lowest BCUT2D eigenvalue weighted by molar-refractivity contribution is 0.104. The van der Waals surface area contributed by atoms with E-state index in [1.165, 1.54) is 17.5 Å². The summed E-state index contributed by atoms with van der Waals surface area (Å²) in [7, 11) is 0. The van der Waals surface area contributed by atoms with Crippen molar-refractivity contribution in [2.45, 2.75) is 6.92 Å². The Hall–Kier alpha value is -1.75. The number of aryl methyl sites for hydroxylation is 1. The van der Waals surface area contributed by atoms with Gasteiger partial charge in [0.2, 0.25) is 5.78 Å². The first-order chi connectivity index (χ1) is 7.18. The van der Waals surface area contributed by atoms with Gasteiger partial charge in [-0.25, -0.2) is 4.98 Å². The fourth-order valence-electron chi connectivity index (χ4n) is 1.26. The molecule has 76 valence electrons. The summed E-state index contributed by atoms with van der Waals surface area (Å²) in [5, 5.41) is 0.416. The smallest absolute Gasteiger partial charge is 0.206 e. The van der Waals surface area contributed by atoms with Crippen LogP contribution in [0.25, 0.3) is 0 Å². The third-order valence-electron chi connectivity index (χ3n) is 1.94. The lowest BCUT2D eigenvalue weighted by Gasteiger charge is -1.96. The fourth-order valence-corrected chi connectivity index (χ4v) is 2.05. The largest absolute Gasteiger partial charge is 0.375 e. The Balaban J connectivity index is 2.41. The highest BCUT2D eigenvalue weighted by Gasteiger charge is 2.15. The molecule has 0 aliphatic heterocycles. The summed E-state index contributed by atoms with van der Waals surface area (Å²) in [6, 6.07) is 3.46. The van der Waals surface area contributed by atoms with Crippen LogP contribution in [0.15, 0.2) is 24.5 Å². The van der Waals surface area contributed by atoms with Crippen LogP contribution in [0.5, 0.6) is 0 Å². The zero-order valence-corrected chi connectivity index (χ0v) is 8.91. The van der Waals surface area contributed by atoms with Gasteiger partial charge in [0.25, 0.3) is 0 Å². The molecule has 2 aromatic heterocycles. The molecule has 0 unspecified atom stereocenters. The van der Waals surface area contributed by atoms with Crippen LogP contribution in [0.3, 0.4) is 0 Å². The van der Waals surface area contributed by atoms with Crippen molar-refractivity contribution in [3.05, 3.63) is 40.7 Å². The Morgan fingerprint density at radius 2 is 2.33 bits per heavy atom. The second-order valence-corrected chi connectivity index (χ2v) is 4.07. The highest BCUT2D eigenvalue weighted by atomic mass is 32.1. The molecule has 2 aromatic rings. The van der Waals surface area contributed by atoms with Gasteiger partial charge in [-0.15, -0.1) is 0 Å². The predicted octanol–water partition coefficient (Wildman–Crippen LogP) is 1.66. The standard InChI is InChI=1S/C10H9N3OS/c1-6-9(15-10(11)13-6)8(14)7-3-2-4-12-5-7/h2-5H,1H3,(H2,11,13). The van der Waals surface area contributed by atoms with E-state index in [1.807, 2.05) is 0 Å². The molecule has 4 nitrogen and oxygen atoms in total. The number of nitrogen functional groups attached to an aromatic ring is 1. The van der Waals surface area contributed by atoms with Crippen LogP contribution in [0.1, 0.15) is 20.9 Å². The molecule has 2 heterocycles. The SMILES string of the molecule is Cc1nc(N)sc1C(=O)c1cccnc1. The van der Waals surface area contributed by atoms with Crippen LogP contribution < -0.4 is 5.73 Å². The van der Waals surface area contributed by atoms with Gasteiger partial charge in [0.15, 0.2) is 5.13 Å². The van der Waals surface area contributed by atoms with Crippen molar-refractivity contribution in [3.8, 4) is 0 Å². The minimum atomic E-state index is -0.0743. The van der Waals surface area contributed by atoms with Crippen LogP contribution >= 0.6 is 11.3 Å². The summed E-state index contributed by atoms with van der Waals surface area (Å²) < 4.78 is 0. The number of ketones is 1. The lowest BCUT2D eigenvalue weighted by atomic mass is 10.1. The summed E-state index contributed by atoms with van der Waals surface area (Å²) in [5.74, 6) is -0.0743. The first-order valence-corrected chi connectivity index (χ1v) is 5.18. The zero-order chi connectivity index (χ0) is 10.8. The molecule has 0 fully saturated rings. The molecular formula is C10H9N3OS. The molecule has 0 aliphatic rings. The van der Waals surface area contributed by atoms with Crippen LogP contribution in [0.4, 0.5) is 5.13 Å². The molecule has 2 N–H and O–H groups in total. The molecule has 0 bridgehead atoms. The molecule has 0 spiro atoms. The van der Waals surface area contributed by atoms with Crippen molar-refractivity contribution in [1.82, 2.24) is 9.97 Å². The number of rotatable bonds is 2. The quantitative estimate of drug-likeness (QED) is 0.780. The molecule has 15 heavy (non-hydrogen) atoms.